The van der Waals surface area contributed by atoms with Crippen LogP contribution in [-0.4, -0.2) is 28.3 Å². The van der Waals surface area contributed by atoms with E-state index in [4.69, 9.17) is 21.6 Å². The van der Waals surface area contributed by atoms with Gasteiger partial charge in [-0.3, -0.25) is 0 Å². The summed E-state index contributed by atoms with van der Waals surface area (Å²) in [6.07, 6.45) is 1.41. The lowest BCUT2D eigenvalue weighted by Gasteiger charge is -2.10. The molecule has 27 heavy (non-hydrogen) atoms. The molecule has 0 fully saturated rings. The lowest BCUT2D eigenvalue weighted by Crippen LogP contribution is -2.04. The number of methoxy groups -OCH3 is 1. The third kappa shape index (κ3) is 4.48. The topological polar surface area (TPSA) is 113 Å². The number of carbonyl (C=O) groups is 1. The largest absolute Gasteiger partial charge is 0.465 e. The molecule has 1 aromatic heterocycles. The number of aromatic nitrogens is 3. The minimum atomic E-state index is -0.477. The number of nitrogens with zero attached hydrogens (tertiary/aromatic N) is 4. The van der Waals surface area contributed by atoms with E-state index in [1.807, 2.05) is 0 Å². The first kappa shape index (κ1) is 18.1. The van der Waals surface area contributed by atoms with Crippen LogP contribution in [0.3, 0.4) is 0 Å². The van der Waals surface area contributed by atoms with Crippen molar-refractivity contribution >= 4 is 40.7 Å². The lowest BCUT2D eigenvalue weighted by molar-refractivity contribution is 0.0601. The van der Waals surface area contributed by atoms with Crippen molar-refractivity contribution in [2.24, 2.45) is 0 Å². The van der Waals surface area contributed by atoms with Gasteiger partial charge in [-0.25, -0.2) is 4.79 Å². The Bertz CT molecular complexity index is 1030. The van der Waals surface area contributed by atoms with Crippen LogP contribution in [0, 0.1) is 11.3 Å². The number of carbonyl (C=O) groups excluding carboxylic acids is 1. The van der Waals surface area contributed by atoms with Gasteiger partial charge in [-0.1, -0.05) is 17.7 Å². The van der Waals surface area contributed by atoms with Crippen molar-refractivity contribution in [2.75, 3.05) is 17.7 Å². The van der Waals surface area contributed by atoms with Crippen LogP contribution in [0.5, 0.6) is 0 Å². The summed E-state index contributed by atoms with van der Waals surface area (Å²) in [4.78, 5) is 16.0. The monoisotopic (exact) mass is 380 g/mol. The van der Waals surface area contributed by atoms with Gasteiger partial charge >= 0.3 is 5.97 Å². The Morgan fingerprint density at radius 3 is 2.85 bits per heavy atom. The van der Waals surface area contributed by atoms with E-state index in [0.717, 1.165) is 0 Å². The molecule has 0 amide bonds. The zero-order chi connectivity index (χ0) is 19.2. The molecule has 134 valence electrons. The Balaban J connectivity index is 1.82. The first-order valence-corrected chi connectivity index (χ1v) is 8.08. The lowest BCUT2D eigenvalue weighted by atomic mass is 10.2. The molecule has 0 spiro atoms. The van der Waals surface area contributed by atoms with Crippen LogP contribution in [0.4, 0.5) is 23.1 Å². The van der Waals surface area contributed by atoms with Crippen LogP contribution in [0.1, 0.15) is 15.9 Å². The average molecular weight is 381 g/mol. The zero-order valence-electron chi connectivity index (χ0n) is 14.1. The molecule has 0 radical (unpaired) electrons. The zero-order valence-corrected chi connectivity index (χ0v) is 14.9. The number of hydrogen-bond donors (Lipinski definition) is 2. The Morgan fingerprint density at radius 1 is 1.22 bits per heavy atom. The van der Waals surface area contributed by atoms with E-state index in [1.165, 1.54) is 13.3 Å². The molecule has 9 heteroatoms. The number of rotatable bonds is 5. The van der Waals surface area contributed by atoms with Crippen LogP contribution in [-0.2, 0) is 4.74 Å². The molecule has 1 heterocycles. The van der Waals surface area contributed by atoms with E-state index in [9.17, 15) is 4.79 Å². The molecule has 0 atom stereocenters. The molecule has 0 saturated carbocycles. The highest BCUT2D eigenvalue weighted by atomic mass is 35.5. The normalized spacial score (nSPS) is 9.96. The molecule has 0 aliphatic rings. The van der Waals surface area contributed by atoms with Crippen molar-refractivity contribution in [3.8, 4) is 6.07 Å². The molecule has 3 aromatic rings. The number of hydrogen-bond acceptors (Lipinski definition) is 8. The molecule has 2 aromatic carbocycles. The van der Waals surface area contributed by atoms with Crippen LogP contribution >= 0.6 is 11.6 Å². The number of esters is 1. The first-order valence-electron chi connectivity index (χ1n) is 7.71. The van der Waals surface area contributed by atoms with Crippen molar-refractivity contribution in [2.45, 2.75) is 0 Å². The smallest absolute Gasteiger partial charge is 0.337 e. The highest BCUT2D eigenvalue weighted by molar-refractivity contribution is 6.33. The van der Waals surface area contributed by atoms with Gasteiger partial charge in [0.15, 0.2) is 5.82 Å². The third-order valence-corrected chi connectivity index (χ3v) is 3.79. The predicted octanol–water partition coefficient (Wildman–Crippen LogP) is 3.67. The second kappa shape index (κ2) is 8.12. The van der Waals surface area contributed by atoms with Crippen LogP contribution < -0.4 is 10.6 Å². The quantitative estimate of drug-likeness (QED) is 0.644. The summed E-state index contributed by atoms with van der Waals surface area (Å²) < 4.78 is 4.71. The van der Waals surface area contributed by atoms with Gasteiger partial charge in [0.2, 0.25) is 5.95 Å². The number of benzene rings is 2. The number of nitrogens with one attached hydrogen (secondary N) is 2. The summed E-state index contributed by atoms with van der Waals surface area (Å²) in [5.74, 6) is 0.124. The third-order valence-electron chi connectivity index (χ3n) is 3.46. The Hall–Kier alpha value is -3.70. The van der Waals surface area contributed by atoms with Gasteiger partial charge < -0.3 is 15.4 Å². The van der Waals surface area contributed by atoms with Gasteiger partial charge in [0, 0.05) is 5.69 Å². The molecule has 8 nitrogen and oxygen atoms in total. The van der Waals surface area contributed by atoms with Crippen LogP contribution in [0.15, 0.2) is 48.7 Å². The molecule has 0 saturated heterocycles. The van der Waals surface area contributed by atoms with Gasteiger partial charge in [0.25, 0.3) is 0 Å². The van der Waals surface area contributed by atoms with Gasteiger partial charge in [-0.2, -0.15) is 15.3 Å². The number of anilines is 4. The Kier molecular flexibility index (Phi) is 5.44. The van der Waals surface area contributed by atoms with E-state index in [0.29, 0.717) is 33.3 Å². The second-order valence-electron chi connectivity index (χ2n) is 5.29. The van der Waals surface area contributed by atoms with Gasteiger partial charge in [-0.15, -0.1) is 5.10 Å². The van der Waals surface area contributed by atoms with Crippen molar-refractivity contribution in [1.29, 1.82) is 5.26 Å². The van der Waals surface area contributed by atoms with Crippen LogP contribution in [0.2, 0.25) is 5.02 Å². The number of ether oxygens (including phenoxy) is 1. The molecule has 0 bridgehead atoms. The minimum Gasteiger partial charge on any atom is -0.465 e. The highest BCUT2D eigenvalue weighted by Crippen LogP contribution is 2.26. The number of nitriles is 1. The van der Waals surface area contributed by atoms with E-state index >= 15 is 0 Å². The molecule has 0 unspecified atom stereocenters. The summed E-state index contributed by atoms with van der Waals surface area (Å²) in [6.45, 7) is 0. The predicted molar refractivity (Wildman–Crippen MR) is 100 cm³/mol. The molecule has 0 aliphatic heterocycles. The van der Waals surface area contributed by atoms with E-state index < -0.39 is 5.97 Å². The van der Waals surface area contributed by atoms with Gasteiger partial charge in [0.1, 0.15) is 0 Å². The maximum absolute atomic E-state index is 11.7. The molecular formula is C18H13ClN6O2. The fraction of sp³-hybridized carbons (Fsp3) is 0.0556. The van der Waals surface area contributed by atoms with Crippen LogP contribution in [0.25, 0.3) is 0 Å². The van der Waals surface area contributed by atoms with E-state index in [2.05, 4.69) is 31.9 Å². The minimum absolute atomic E-state index is 0.232. The Morgan fingerprint density at radius 2 is 2.07 bits per heavy atom. The number of halogens is 1. The van der Waals surface area contributed by atoms with Crippen molar-refractivity contribution in [1.82, 2.24) is 15.2 Å². The first-order chi connectivity index (χ1) is 13.1. The summed E-state index contributed by atoms with van der Waals surface area (Å²) >= 11 is 6.17. The molecule has 0 aliphatic carbocycles. The van der Waals surface area contributed by atoms with Crippen molar-refractivity contribution in [3.63, 3.8) is 0 Å². The molecule has 2 N–H and O–H groups in total. The van der Waals surface area contributed by atoms with Crippen molar-refractivity contribution in [3.05, 3.63) is 64.8 Å². The maximum atomic E-state index is 11.7. The maximum Gasteiger partial charge on any atom is 0.337 e. The molecular weight excluding hydrogens is 368 g/mol. The summed E-state index contributed by atoms with van der Waals surface area (Å²) in [6, 6.07) is 13.6. The van der Waals surface area contributed by atoms with E-state index in [-0.39, 0.29) is 5.95 Å². The fourth-order valence-electron chi connectivity index (χ4n) is 2.22. The average Bonchev–Trinajstić information content (AvgIpc) is 2.69. The SMILES string of the molecule is COC(=O)c1ccc(Cl)c(Nc2cnnc(Nc3cccc(C#N)c3)n2)c1. The summed E-state index contributed by atoms with van der Waals surface area (Å²) in [5, 5.41) is 23.1. The van der Waals surface area contributed by atoms with Gasteiger partial charge in [-0.05, 0) is 36.4 Å². The highest BCUT2D eigenvalue weighted by Gasteiger charge is 2.10. The summed E-state index contributed by atoms with van der Waals surface area (Å²) in [5.41, 5.74) is 1.97. The Labute approximate surface area is 159 Å². The molecule has 3 rings (SSSR count). The second-order valence-corrected chi connectivity index (χ2v) is 5.70. The van der Waals surface area contributed by atoms with Gasteiger partial charge in [0.05, 0.1) is 41.2 Å². The summed E-state index contributed by atoms with van der Waals surface area (Å²) in [7, 11) is 1.30. The fourth-order valence-corrected chi connectivity index (χ4v) is 2.38. The standard InChI is InChI=1S/C18H13ClN6O2/c1-27-17(26)12-5-6-14(19)15(8-12)23-16-10-21-25-18(24-16)22-13-4-2-3-11(7-13)9-20/h2-8,10H,1H3,(H2,22,23,24,25). The van der Waals surface area contributed by atoms with E-state index in [1.54, 1.807) is 42.5 Å². The van der Waals surface area contributed by atoms with Crippen molar-refractivity contribution < 1.29 is 9.53 Å².